The maximum Gasteiger partial charge on any atom is 0.0721 e. The molecule has 2 heterocycles. The molecule has 0 saturated carbocycles. The van der Waals surface area contributed by atoms with E-state index in [9.17, 15) is 0 Å². The highest BCUT2D eigenvalue weighted by Gasteiger charge is 2.20. The van der Waals surface area contributed by atoms with Crippen molar-refractivity contribution in [2.45, 2.75) is 13.8 Å². The third kappa shape index (κ3) is 6.16. The summed E-state index contributed by atoms with van der Waals surface area (Å²) in [6, 6.07) is 62.4. The largest absolute Gasteiger partial charge is 0.264 e. The van der Waals surface area contributed by atoms with Crippen LogP contribution in [-0.2, 0) is 0 Å². The number of hydrogen-bond donors (Lipinski definition) is 0. The second kappa shape index (κ2) is 14.2. The van der Waals surface area contributed by atoms with Crippen LogP contribution in [0.25, 0.3) is 77.4 Å². The van der Waals surface area contributed by atoms with Gasteiger partial charge in [-0.15, -0.1) is 0 Å². The highest BCUT2D eigenvalue weighted by molar-refractivity contribution is 6.13. The van der Waals surface area contributed by atoms with E-state index in [4.69, 9.17) is 9.98 Å². The van der Waals surface area contributed by atoms with Gasteiger partial charge in [0.2, 0.25) is 0 Å². The van der Waals surface area contributed by atoms with Crippen molar-refractivity contribution in [3.63, 3.8) is 0 Å². The second-order valence-corrected chi connectivity index (χ2v) is 13.7. The molecule has 3 nitrogen and oxygen atoms in total. The molecule has 0 amide bonds. The summed E-state index contributed by atoms with van der Waals surface area (Å²) in [4.78, 5) is 15.0. The number of pyridine rings is 2. The van der Waals surface area contributed by atoms with Crippen molar-refractivity contribution in [2.75, 3.05) is 0 Å². The van der Waals surface area contributed by atoms with Gasteiger partial charge in [-0.25, -0.2) is 4.98 Å². The highest BCUT2D eigenvalue weighted by atomic mass is 14.8. The van der Waals surface area contributed by atoms with Crippen molar-refractivity contribution in [2.24, 2.45) is 4.99 Å². The summed E-state index contributed by atoms with van der Waals surface area (Å²) in [5, 5.41) is 4.75. The van der Waals surface area contributed by atoms with Crippen LogP contribution in [0.4, 0.5) is 5.69 Å². The Labute approximate surface area is 316 Å². The number of fused-ring (bicyclic) bond motifs is 2. The Morgan fingerprint density at radius 1 is 0.481 bits per heavy atom. The fraction of sp³-hybridized carbons (Fsp3) is 0.0392. The fourth-order valence-corrected chi connectivity index (χ4v) is 7.60. The summed E-state index contributed by atoms with van der Waals surface area (Å²) in [5.74, 6) is 0. The number of rotatable bonds is 7. The number of aromatic nitrogens is 2. The molecule has 0 fully saturated rings. The van der Waals surface area contributed by atoms with Crippen LogP contribution in [0.2, 0.25) is 0 Å². The Balaban J connectivity index is 1.32. The molecule has 0 aliphatic carbocycles. The van der Waals surface area contributed by atoms with E-state index in [1.807, 2.05) is 18.3 Å². The zero-order chi connectivity index (χ0) is 36.4. The van der Waals surface area contributed by atoms with Gasteiger partial charge in [-0.3, -0.25) is 9.98 Å². The number of aliphatic imine (C=N–C) groups is 1. The lowest BCUT2D eigenvalue weighted by Crippen LogP contribution is -1.97. The first-order chi connectivity index (χ1) is 26.6. The molecule has 0 spiro atoms. The quantitative estimate of drug-likeness (QED) is 0.156. The molecule has 0 bridgehead atoms. The third-order valence-electron chi connectivity index (χ3n) is 10.3. The Morgan fingerprint density at radius 3 is 1.89 bits per heavy atom. The Bertz CT molecular complexity index is 2770. The van der Waals surface area contributed by atoms with Crippen molar-refractivity contribution in [1.29, 1.82) is 0 Å². The molecule has 3 heteroatoms. The number of hydrogen-bond acceptors (Lipinski definition) is 3. The van der Waals surface area contributed by atoms with Gasteiger partial charge in [0.1, 0.15) is 0 Å². The van der Waals surface area contributed by atoms with Crippen molar-refractivity contribution in [1.82, 2.24) is 9.97 Å². The van der Waals surface area contributed by atoms with Crippen LogP contribution < -0.4 is 0 Å². The number of aryl methyl sites for hydroxylation is 1. The molecule has 9 rings (SSSR count). The van der Waals surface area contributed by atoms with Gasteiger partial charge in [-0.1, -0.05) is 152 Å². The Kier molecular flexibility index (Phi) is 8.66. The first-order valence-electron chi connectivity index (χ1n) is 18.4. The molecule has 0 aliphatic rings. The Morgan fingerprint density at radius 2 is 1.13 bits per heavy atom. The van der Waals surface area contributed by atoms with Gasteiger partial charge >= 0.3 is 0 Å². The van der Waals surface area contributed by atoms with Gasteiger partial charge in [0.05, 0.1) is 17.1 Å². The Hall–Kier alpha value is -6.97. The summed E-state index contributed by atoms with van der Waals surface area (Å²) in [6.45, 7) is 4.24. The lowest BCUT2D eigenvalue weighted by molar-refractivity contribution is 1.31. The minimum absolute atomic E-state index is 0.925. The van der Waals surface area contributed by atoms with Gasteiger partial charge in [-0.05, 0) is 98.6 Å². The van der Waals surface area contributed by atoms with Crippen LogP contribution in [0, 0.1) is 6.92 Å². The average molecular weight is 692 g/mol. The summed E-state index contributed by atoms with van der Waals surface area (Å²) in [6.07, 6.45) is 3.67. The lowest BCUT2D eigenvalue weighted by Gasteiger charge is -2.20. The summed E-state index contributed by atoms with van der Waals surface area (Å²) in [7, 11) is 0. The minimum atomic E-state index is 0.925. The summed E-state index contributed by atoms with van der Waals surface area (Å²) >= 11 is 0. The maximum absolute atomic E-state index is 5.36. The van der Waals surface area contributed by atoms with Crippen LogP contribution >= 0.6 is 0 Å². The molecule has 0 saturated heterocycles. The minimum Gasteiger partial charge on any atom is -0.264 e. The average Bonchev–Trinajstić information content (AvgIpc) is 3.25. The standard InChI is InChI=1S/C51H37N3/c1-34-41-22-11-12-24-43(41)47(32-48(34)53-35(2)39-21-15-29-52-33-39)51-42-23-10-9-18-37(42)27-28-46(51)44-25-13-14-26-45(44)50-31-40(36-16-5-3-6-17-36)30-49(54-50)38-19-7-4-8-20-38/h3-33H,1-2H3/b53-35+. The molecule has 9 aromatic rings. The molecule has 0 aliphatic heterocycles. The van der Waals surface area contributed by atoms with Crippen LogP contribution in [0.3, 0.4) is 0 Å². The van der Waals surface area contributed by atoms with E-state index in [1.54, 1.807) is 6.20 Å². The normalized spacial score (nSPS) is 11.6. The van der Waals surface area contributed by atoms with Crippen LogP contribution in [-0.4, -0.2) is 15.7 Å². The predicted molar refractivity (Wildman–Crippen MR) is 227 cm³/mol. The van der Waals surface area contributed by atoms with Crippen LogP contribution in [0.5, 0.6) is 0 Å². The van der Waals surface area contributed by atoms with Gasteiger partial charge in [0.15, 0.2) is 0 Å². The summed E-state index contributed by atoms with van der Waals surface area (Å²) < 4.78 is 0. The van der Waals surface area contributed by atoms with E-state index in [1.165, 1.54) is 27.1 Å². The van der Waals surface area contributed by atoms with Crippen molar-refractivity contribution >= 4 is 32.9 Å². The molecule has 2 aromatic heterocycles. The third-order valence-corrected chi connectivity index (χ3v) is 10.3. The number of benzene rings is 7. The molecule has 256 valence electrons. The van der Waals surface area contributed by atoms with E-state index in [0.717, 1.165) is 72.9 Å². The highest BCUT2D eigenvalue weighted by Crippen LogP contribution is 2.46. The van der Waals surface area contributed by atoms with Crippen molar-refractivity contribution in [3.8, 4) is 55.9 Å². The SMILES string of the molecule is C/C(=N\c1cc(-c2c(-c3ccccc3-c3cc(-c4ccccc4)cc(-c4ccccc4)n3)ccc3ccccc23)c2ccccc2c1C)c1cccnc1. The lowest BCUT2D eigenvalue weighted by atomic mass is 9.84. The topological polar surface area (TPSA) is 38.1 Å². The monoisotopic (exact) mass is 691 g/mol. The molecule has 7 aromatic carbocycles. The van der Waals surface area contributed by atoms with E-state index < -0.39 is 0 Å². The van der Waals surface area contributed by atoms with E-state index >= 15 is 0 Å². The molecule has 0 N–H and O–H groups in total. The first kappa shape index (κ1) is 32.9. The molecule has 0 atom stereocenters. The van der Waals surface area contributed by atoms with E-state index in [0.29, 0.717) is 0 Å². The van der Waals surface area contributed by atoms with Crippen LogP contribution in [0.1, 0.15) is 18.1 Å². The van der Waals surface area contributed by atoms with Gasteiger partial charge in [-0.2, -0.15) is 0 Å². The smallest absolute Gasteiger partial charge is 0.0721 e. The molecular formula is C51H37N3. The number of nitrogens with zero attached hydrogens (tertiary/aromatic N) is 3. The van der Waals surface area contributed by atoms with Crippen molar-refractivity contribution < 1.29 is 0 Å². The van der Waals surface area contributed by atoms with Gasteiger partial charge in [0.25, 0.3) is 0 Å². The first-order valence-corrected chi connectivity index (χ1v) is 18.4. The molecule has 0 radical (unpaired) electrons. The zero-order valence-electron chi connectivity index (χ0n) is 30.2. The van der Waals surface area contributed by atoms with Crippen molar-refractivity contribution in [3.05, 3.63) is 199 Å². The zero-order valence-corrected chi connectivity index (χ0v) is 30.2. The van der Waals surface area contributed by atoms with Gasteiger partial charge in [0, 0.05) is 34.8 Å². The molecule has 0 unspecified atom stereocenters. The van der Waals surface area contributed by atoms with Crippen LogP contribution in [0.15, 0.2) is 193 Å². The summed E-state index contributed by atoms with van der Waals surface area (Å²) in [5.41, 5.74) is 14.9. The van der Waals surface area contributed by atoms with Gasteiger partial charge < -0.3 is 0 Å². The molecular weight excluding hydrogens is 655 g/mol. The fourth-order valence-electron chi connectivity index (χ4n) is 7.60. The predicted octanol–water partition coefficient (Wildman–Crippen LogP) is 13.6. The second-order valence-electron chi connectivity index (χ2n) is 13.7. The van der Waals surface area contributed by atoms with E-state index in [-0.39, 0.29) is 0 Å². The van der Waals surface area contributed by atoms with E-state index in [2.05, 4.69) is 183 Å². The maximum atomic E-state index is 5.36. The molecule has 54 heavy (non-hydrogen) atoms.